The number of nitrogens with zero attached hydrogens (tertiary/aromatic N) is 2. The minimum Gasteiger partial charge on any atom is -0.341 e. The van der Waals surface area contributed by atoms with Gasteiger partial charge in [0.25, 0.3) is 0 Å². The average Bonchev–Trinajstić information content (AvgIpc) is 2.73. The first-order chi connectivity index (χ1) is 7.79. The van der Waals surface area contributed by atoms with Crippen molar-refractivity contribution in [2.75, 3.05) is 0 Å². The zero-order valence-corrected chi connectivity index (χ0v) is 11.3. The van der Waals surface area contributed by atoms with Crippen LogP contribution >= 0.6 is 0 Å². The van der Waals surface area contributed by atoms with Crippen molar-refractivity contribution in [2.24, 2.45) is 0 Å². The topological polar surface area (TPSA) is 41.6 Å². The molecule has 0 aliphatic carbocycles. The minimum atomic E-state index is 0.810. The van der Waals surface area contributed by atoms with E-state index in [1.807, 2.05) is 40.8 Å². The molecule has 2 aromatic rings. The van der Waals surface area contributed by atoms with Gasteiger partial charge in [0.15, 0.2) is 5.65 Å². The SMILES string of the molecule is CC.CC.CCc1cnc2nc(C)[nH]c2c1. The van der Waals surface area contributed by atoms with Gasteiger partial charge in [0, 0.05) is 6.20 Å². The van der Waals surface area contributed by atoms with Crippen LogP contribution in [0.5, 0.6) is 0 Å². The highest BCUT2D eigenvalue weighted by Crippen LogP contribution is 2.10. The molecular formula is C13H23N3. The highest BCUT2D eigenvalue weighted by Gasteiger charge is 1.99. The minimum absolute atomic E-state index is 0.810. The molecule has 0 spiro atoms. The first kappa shape index (κ1) is 14.6. The van der Waals surface area contributed by atoms with E-state index in [0.29, 0.717) is 0 Å². The second kappa shape index (κ2) is 7.85. The van der Waals surface area contributed by atoms with Crippen molar-refractivity contribution in [3.63, 3.8) is 0 Å². The van der Waals surface area contributed by atoms with Gasteiger partial charge in [-0.2, -0.15) is 0 Å². The summed E-state index contributed by atoms with van der Waals surface area (Å²) >= 11 is 0. The third-order valence-electron chi connectivity index (χ3n) is 1.92. The fourth-order valence-corrected chi connectivity index (χ4v) is 1.26. The molecule has 0 aliphatic rings. The monoisotopic (exact) mass is 221 g/mol. The lowest BCUT2D eigenvalue weighted by atomic mass is 10.2. The van der Waals surface area contributed by atoms with E-state index in [1.54, 1.807) is 0 Å². The number of aromatic nitrogens is 3. The molecule has 0 atom stereocenters. The van der Waals surface area contributed by atoms with Gasteiger partial charge in [0.2, 0.25) is 0 Å². The van der Waals surface area contributed by atoms with Crippen molar-refractivity contribution in [2.45, 2.75) is 48.0 Å². The summed E-state index contributed by atoms with van der Waals surface area (Å²) in [6.45, 7) is 12.1. The summed E-state index contributed by atoms with van der Waals surface area (Å²) in [5.74, 6) is 0.922. The molecule has 0 fully saturated rings. The molecule has 0 saturated carbocycles. The molecule has 0 amide bonds. The Kier molecular flexibility index (Phi) is 7.18. The molecule has 2 rings (SSSR count). The quantitative estimate of drug-likeness (QED) is 0.794. The number of fused-ring (bicyclic) bond motifs is 1. The summed E-state index contributed by atoms with van der Waals surface area (Å²) in [4.78, 5) is 11.6. The summed E-state index contributed by atoms with van der Waals surface area (Å²) < 4.78 is 0. The molecule has 0 aromatic carbocycles. The fraction of sp³-hybridized carbons (Fsp3) is 0.538. The van der Waals surface area contributed by atoms with Gasteiger partial charge < -0.3 is 4.98 Å². The van der Waals surface area contributed by atoms with Gasteiger partial charge >= 0.3 is 0 Å². The molecule has 1 N–H and O–H groups in total. The largest absolute Gasteiger partial charge is 0.341 e. The predicted octanol–water partition coefficient (Wildman–Crippen LogP) is 3.88. The van der Waals surface area contributed by atoms with Gasteiger partial charge in [0.1, 0.15) is 5.82 Å². The molecule has 3 heteroatoms. The maximum Gasteiger partial charge on any atom is 0.177 e. The Hall–Kier alpha value is -1.38. The third kappa shape index (κ3) is 3.65. The molecule has 0 bridgehead atoms. The Morgan fingerprint density at radius 1 is 1.19 bits per heavy atom. The van der Waals surface area contributed by atoms with Crippen molar-refractivity contribution in [3.05, 3.63) is 23.7 Å². The second-order valence-corrected chi connectivity index (χ2v) is 2.89. The number of aromatic amines is 1. The van der Waals surface area contributed by atoms with Gasteiger partial charge in [0.05, 0.1) is 5.52 Å². The zero-order chi connectivity index (χ0) is 12.6. The van der Waals surface area contributed by atoms with Gasteiger partial charge in [-0.15, -0.1) is 0 Å². The number of pyridine rings is 1. The van der Waals surface area contributed by atoms with Crippen molar-refractivity contribution in [1.82, 2.24) is 15.0 Å². The van der Waals surface area contributed by atoms with Crippen LogP contribution in [-0.2, 0) is 6.42 Å². The lowest BCUT2D eigenvalue weighted by Crippen LogP contribution is -1.82. The standard InChI is InChI=1S/C9H11N3.2C2H6/c1-3-7-4-8-9(10-5-7)12-6(2)11-8;2*1-2/h4-5H,3H2,1-2H3,(H,10,11,12);2*1-2H3. The first-order valence-corrected chi connectivity index (χ1v) is 6.11. The summed E-state index contributed by atoms with van der Waals surface area (Å²) in [6.07, 6.45) is 2.89. The Morgan fingerprint density at radius 3 is 2.38 bits per heavy atom. The second-order valence-electron chi connectivity index (χ2n) is 2.89. The highest BCUT2D eigenvalue weighted by atomic mass is 15.0. The van der Waals surface area contributed by atoms with Crippen LogP contribution in [0.2, 0.25) is 0 Å². The van der Waals surface area contributed by atoms with E-state index in [-0.39, 0.29) is 0 Å². The summed E-state index contributed by atoms with van der Waals surface area (Å²) in [5, 5.41) is 0. The van der Waals surface area contributed by atoms with E-state index in [4.69, 9.17) is 0 Å². The summed E-state index contributed by atoms with van der Waals surface area (Å²) in [7, 11) is 0. The fourth-order valence-electron chi connectivity index (χ4n) is 1.26. The Morgan fingerprint density at radius 2 is 1.81 bits per heavy atom. The van der Waals surface area contributed by atoms with Crippen LogP contribution in [0.1, 0.15) is 46.0 Å². The molecule has 0 radical (unpaired) electrons. The molecule has 3 nitrogen and oxygen atoms in total. The van der Waals surface area contributed by atoms with Crippen LogP contribution in [0, 0.1) is 6.92 Å². The summed E-state index contributed by atoms with van der Waals surface area (Å²) in [5.41, 5.74) is 3.09. The van der Waals surface area contributed by atoms with Crippen molar-refractivity contribution in [1.29, 1.82) is 0 Å². The van der Waals surface area contributed by atoms with Crippen LogP contribution < -0.4 is 0 Å². The maximum atomic E-state index is 4.23. The number of rotatable bonds is 1. The molecular weight excluding hydrogens is 198 g/mol. The lowest BCUT2D eigenvalue weighted by molar-refractivity contribution is 1.11. The number of H-pyrrole nitrogens is 1. The van der Waals surface area contributed by atoms with Gasteiger partial charge in [-0.3, -0.25) is 0 Å². The lowest BCUT2D eigenvalue weighted by Gasteiger charge is -1.92. The number of nitrogens with one attached hydrogen (secondary N) is 1. The van der Waals surface area contributed by atoms with E-state index in [1.165, 1.54) is 5.56 Å². The number of hydrogen-bond donors (Lipinski definition) is 1. The van der Waals surface area contributed by atoms with Crippen LogP contribution in [-0.4, -0.2) is 15.0 Å². The van der Waals surface area contributed by atoms with Crippen LogP contribution in [0.4, 0.5) is 0 Å². The summed E-state index contributed by atoms with van der Waals surface area (Å²) in [6, 6.07) is 2.10. The molecule has 16 heavy (non-hydrogen) atoms. The van der Waals surface area contributed by atoms with Crippen LogP contribution in [0.25, 0.3) is 11.2 Å². The highest BCUT2D eigenvalue weighted by molar-refractivity contribution is 5.70. The van der Waals surface area contributed by atoms with Crippen molar-refractivity contribution in [3.8, 4) is 0 Å². The van der Waals surface area contributed by atoms with E-state index in [0.717, 1.165) is 23.4 Å². The average molecular weight is 221 g/mol. The zero-order valence-electron chi connectivity index (χ0n) is 11.3. The van der Waals surface area contributed by atoms with Gasteiger partial charge in [-0.05, 0) is 25.0 Å². The van der Waals surface area contributed by atoms with E-state index >= 15 is 0 Å². The first-order valence-electron chi connectivity index (χ1n) is 6.11. The van der Waals surface area contributed by atoms with E-state index in [2.05, 4.69) is 27.9 Å². The smallest absolute Gasteiger partial charge is 0.177 e. The molecule has 2 heterocycles. The number of aryl methyl sites for hydroxylation is 2. The van der Waals surface area contributed by atoms with Gasteiger partial charge in [-0.1, -0.05) is 34.6 Å². The van der Waals surface area contributed by atoms with Crippen LogP contribution in [0.3, 0.4) is 0 Å². The molecule has 0 aliphatic heterocycles. The van der Waals surface area contributed by atoms with Crippen LogP contribution in [0.15, 0.2) is 12.3 Å². The Labute approximate surface area is 98.3 Å². The number of imidazole rings is 1. The van der Waals surface area contributed by atoms with Gasteiger partial charge in [-0.25, -0.2) is 9.97 Å². The molecule has 0 saturated heterocycles. The maximum absolute atomic E-state index is 4.23. The normalized spacial score (nSPS) is 8.88. The Balaban J connectivity index is 0.000000509. The molecule has 2 aromatic heterocycles. The van der Waals surface area contributed by atoms with E-state index < -0.39 is 0 Å². The molecule has 90 valence electrons. The molecule has 0 unspecified atom stereocenters. The van der Waals surface area contributed by atoms with E-state index in [9.17, 15) is 0 Å². The predicted molar refractivity (Wildman–Crippen MR) is 70.7 cm³/mol. The third-order valence-corrected chi connectivity index (χ3v) is 1.92. The number of hydrogen-bond acceptors (Lipinski definition) is 2. The van der Waals surface area contributed by atoms with Crippen molar-refractivity contribution < 1.29 is 0 Å². The Bertz CT molecular complexity index is 404. The van der Waals surface area contributed by atoms with Crippen molar-refractivity contribution >= 4 is 11.2 Å².